The Bertz CT molecular complexity index is 1040. The summed E-state index contributed by atoms with van der Waals surface area (Å²) < 4.78 is 24.2. The predicted molar refractivity (Wildman–Crippen MR) is 298 cm³/mol. The monoisotopic (exact) mass is 993 g/mol. The van der Waals surface area contributed by atoms with Crippen molar-refractivity contribution in [3.8, 4) is 0 Å². The van der Waals surface area contributed by atoms with Gasteiger partial charge in [-0.15, -0.1) is 0 Å². The Hall–Kier alpha value is -1.87. The molecule has 0 aromatic heterocycles. The average Bonchev–Trinajstić information content (AvgIpc) is 3.34. The van der Waals surface area contributed by atoms with Crippen molar-refractivity contribution in [3.05, 3.63) is 0 Å². The molecule has 0 bridgehead atoms. The van der Waals surface area contributed by atoms with Gasteiger partial charge < -0.3 is 28.7 Å². The molecule has 0 spiro atoms. The van der Waals surface area contributed by atoms with Crippen molar-refractivity contribution < 1.29 is 33.3 Å². The number of carbonyl (C=O) groups is 3. The van der Waals surface area contributed by atoms with E-state index in [1.807, 2.05) is 4.90 Å². The summed E-state index contributed by atoms with van der Waals surface area (Å²) in [5.41, 5.74) is 0. The van der Waals surface area contributed by atoms with Gasteiger partial charge in [-0.05, 0) is 136 Å². The van der Waals surface area contributed by atoms with E-state index in [1.54, 1.807) is 0 Å². The summed E-state index contributed by atoms with van der Waals surface area (Å²) in [6.45, 7) is 15.3. The van der Waals surface area contributed by atoms with Crippen LogP contribution in [-0.2, 0) is 28.5 Å². The van der Waals surface area contributed by atoms with Crippen LogP contribution < -0.4 is 0 Å². The molecule has 0 aliphatic heterocycles. The van der Waals surface area contributed by atoms with E-state index >= 15 is 0 Å². The summed E-state index contributed by atoms with van der Waals surface area (Å²) in [6.07, 6.45) is 46.7. The molecule has 0 atom stereocenters. The van der Waals surface area contributed by atoms with Crippen LogP contribution in [-0.4, -0.2) is 93.1 Å². The van der Waals surface area contributed by atoms with Gasteiger partial charge in [-0.1, -0.05) is 182 Å². The lowest BCUT2D eigenvalue weighted by Gasteiger charge is -2.26. The van der Waals surface area contributed by atoms with E-state index in [-0.39, 0.29) is 36.3 Å². The summed E-state index contributed by atoms with van der Waals surface area (Å²) in [7, 11) is 4.18. The third kappa shape index (κ3) is 47.2. The van der Waals surface area contributed by atoms with Crippen molar-refractivity contribution in [2.75, 3.05) is 46.9 Å². The van der Waals surface area contributed by atoms with Gasteiger partial charge in [0.1, 0.15) is 18.3 Å². The molecule has 0 aromatic rings. The number of rotatable bonds is 55. The number of carbonyl (C=O) groups excluding carboxylic acids is 3. The highest BCUT2D eigenvalue weighted by molar-refractivity contribution is 5.70. The first-order chi connectivity index (χ1) is 34.2. The van der Waals surface area contributed by atoms with Gasteiger partial charge in [0, 0.05) is 39.1 Å². The van der Waals surface area contributed by atoms with Gasteiger partial charge in [0.2, 0.25) is 0 Å². The first kappa shape index (κ1) is 68.1. The average molecular weight is 994 g/mol. The van der Waals surface area contributed by atoms with Crippen LogP contribution in [0.2, 0.25) is 0 Å². The highest BCUT2D eigenvalue weighted by Gasteiger charge is 2.21. The van der Waals surface area contributed by atoms with Crippen LogP contribution in [0.4, 0.5) is 4.79 Å². The van der Waals surface area contributed by atoms with Crippen molar-refractivity contribution in [2.45, 2.75) is 329 Å². The minimum atomic E-state index is -0.140. The molecule has 0 unspecified atom stereocenters. The zero-order chi connectivity index (χ0) is 51.4. The number of esters is 2. The molecule has 70 heavy (non-hydrogen) atoms. The Morgan fingerprint density at radius 2 is 0.643 bits per heavy atom. The van der Waals surface area contributed by atoms with Crippen molar-refractivity contribution in [3.63, 3.8) is 0 Å². The summed E-state index contributed by atoms with van der Waals surface area (Å²) in [5, 5.41) is 0. The summed E-state index contributed by atoms with van der Waals surface area (Å²) in [5.74, 6) is -0.0115. The van der Waals surface area contributed by atoms with Gasteiger partial charge in [-0.25, -0.2) is 4.79 Å². The lowest BCUT2D eigenvalue weighted by molar-refractivity contribution is -0.151. The van der Waals surface area contributed by atoms with E-state index in [0.29, 0.717) is 12.8 Å². The maximum atomic E-state index is 13.9. The largest absolute Gasteiger partial charge is 0.462 e. The number of ether oxygens (including phenoxy) is 4. The Morgan fingerprint density at radius 1 is 0.329 bits per heavy atom. The van der Waals surface area contributed by atoms with Crippen molar-refractivity contribution in [2.24, 2.45) is 0 Å². The lowest BCUT2D eigenvalue weighted by atomic mass is 10.0. The van der Waals surface area contributed by atoms with Crippen LogP contribution >= 0.6 is 0 Å². The molecule has 0 rings (SSSR count). The van der Waals surface area contributed by atoms with Crippen molar-refractivity contribution in [1.82, 2.24) is 9.80 Å². The minimum absolute atomic E-state index is 0.00574. The van der Waals surface area contributed by atoms with Gasteiger partial charge in [-0.2, -0.15) is 0 Å². The molecule has 0 aliphatic rings. The zero-order valence-corrected chi connectivity index (χ0v) is 47.9. The SMILES string of the molecule is CCCCCCC(CCCCCC)OC(=O)CCCCCCCCC(CCCCCCCCC(=O)OC(CCCCCC)CCCCCC)OC(=O)N(CCCCCCOCCCC)CCCN(C)C. The van der Waals surface area contributed by atoms with Gasteiger partial charge in [0.25, 0.3) is 0 Å². The Kier molecular flexibility index (Phi) is 52.0. The van der Waals surface area contributed by atoms with Gasteiger partial charge >= 0.3 is 18.0 Å². The first-order valence-corrected chi connectivity index (χ1v) is 30.8. The molecule has 416 valence electrons. The molecule has 0 saturated carbocycles. The number of amides is 1. The standard InChI is InChI=1S/C61H120N2O7/c1-8-13-18-32-43-56(44-33-19-14-9-2)68-59(64)49-38-28-24-22-26-36-47-58(70-61(66)63(53-42-51-62(6)7)52-40-30-31-41-55-67-54-17-12-5)48-37-27-23-25-29-39-50-60(65)69-57(45-34-20-15-10-3)46-35-21-16-11-4/h56-58H,8-55H2,1-7H3. The quantitative estimate of drug-likeness (QED) is 0.0338. The maximum Gasteiger partial charge on any atom is 0.410 e. The van der Waals surface area contributed by atoms with Crippen LogP contribution in [0.5, 0.6) is 0 Å². The van der Waals surface area contributed by atoms with E-state index in [2.05, 4.69) is 53.6 Å². The zero-order valence-electron chi connectivity index (χ0n) is 47.9. The summed E-state index contributed by atoms with van der Waals surface area (Å²) in [6, 6.07) is 0. The van der Waals surface area contributed by atoms with E-state index in [0.717, 1.165) is 213 Å². The Labute approximate surface area is 435 Å². The predicted octanol–water partition coefficient (Wildman–Crippen LogP) is 18.1. The highest BCUT2D eigenvalue weighted by Crippen LogP contribution is 2.22. The van der Waals surface area contributed by atoms with Crippen LogP contribution in [0.15, 0.2) is 0 Å². The molecule has 9 nitrogen and oxygen atoms in total. The fourth-order valence-corrected chi connectivity index (χ4v) is 9.47. The first-order valence-electron chi connectivity index (χ1n) is 30.8. The van der Waals surface area contributed by atoms with Crippen molar-refractivity contribution in [1.29, 1.82) is 0 Å². The molecule has 0 heterocycles. The highest BCUT2D eigenvalue weighted by atomic mass is 16.6. The van der Waals surface area contributed by atoms with Crippen LogP contribution in [0.3, 0.4) is 0 Å². The number of hydrogen-bond acceptors (Lipinski definition) is 8. The second-order valence-corrected chi connectivity index (χ2v) is 21.5. The molecular weight excluding hydrogens is 873 g/mol. The fourth-order valence-electron chi connectivity index (χ4n) is 9.47. The van der Waals surface area contributed by atoms with Crippen LogP contribution in [0.25, 0.3) is 0 Å². The number of nitrogens with zero attached hydrogens (tertiary/aromatic N) is 2. The maximum absolute atomic E-state index is 13.9. The summed E-state index contributed by atoms with van der Waals surface area (Å²) in [4.78, 5) is 43.7. The van der Waals surface area contributed by atoms with Gasteiger partial charge in [0.05, 0.1) is 0 Å². The molecule has 1 amide bonds. The molecular formula is C61H120N2O7. The third-order valence-corrected chi connectivity index (χ3v) is 14.1. The fraction of sp³-hybridized carbons (Fsp3) is 0.951. The minimum Gasteiger partial charge on any atom is -0.462 e. The molecule has 0 N–H and O–H groups in total. The van der Waals surface area contributed by atoms with Gasteiger partial charge in [-0.3, -0.25) is 9.59 Å². The molecule has 0 saturated heterocycles. The van der Waals surface area contributed by atoms with E-state index < -0.39 is 0 Å². The van der Waals surface area contributed by atoms with Gasteiger partial charge in [0.15, 0.2) is 0 Å². The van der Waals surface area contributed by atoms with Crippen molar-refractivity contribution >= 4 is 18.0 Å². The van der Waals surface area contributed by atoms with Crippen LogP contribution in [0.1, 0.15) is 311 Å². The van der Waals surface area contributed by atoms with Crippen LogP contribution in [0, 0.1) is 0 Å². The summed E-state index contributed by atoms with van der Waals surface area (Å²) >= 11 is 0. The molecule has 0 fully saturated rings. The molecule has 9 heteroatoms. The number of hydrogen-bond donors (Lipinski definition) is 0. The normalized spacial score (nSPS) is 11.7. The molecule has 0 aliphatic carbocycles. The van der Waals surface area contributed by atoms with E-state index in [1.165, 1.54) is 83.5 Å². The Balaban J connectivity index is 5.10. The smallest absolute Gasteiger partial charge is 0.410 e. The third-order valence-electron chi connectivity index (χ3n) is 14.1. The Morgan fingerprint density at radius 3 is 1.04 bits per heavy atom. The van der Waals surface area contributed by atoms with E-state index in [4.69, 9.17) is 18.9 Å². The lowest BCUT2D eigenvalue weighted by Crippen LogP contribution is -2.37. The molecule has 0 aromatic carbocycles. The molecule has 0 radical (unpaired) electrons. The topological polar surface area (TPSA) is 94.6 Å². The number of unbranched alkanes of at least 4 members (excludes halogenated alkanes) is 26. The second-order valence-electron chi connectivity index (χ2n) is 21.5. The second kappa shape index (κ2) is 53.4. The van der Waals surface area contributed by atoms with E-state index in [9.17, 15) is 14.4 Å².